The van der Waals surface area contributed by atoms with Gasteiger partial charge in [-0.2, -0.15) is 0 Å². The summed E-state index contributed by atoms with van der Waals surface area (Å²) in [5.41, 5.74) is 8.20. The minimum Gasteiger partial charge on any atom is -0.384 e. The second kappa shape index (κ2) is 5.69. The van der Waals surface area contributed by atoms with Crippen molar-refractivity contribution in [2.75, 3.05) is 17.7 Å². The molecule has 2 aromatic rings. The summed E-state index contributed by atoms with van der Waals surface area (Å²) in [5, 5.41) is 0. The molecule has 0 amide bonds. The Bertz CT molecular complexity index is 566. The number of nitrogens with two attached hydrogens (primary N) is 1. The van der Waals surface area contributed by atoms with Crippen molar-refractivity contribution in [2.45, 2.75) is 26.7 Å². The third-order valence-electron chi connectivity index (χ3n) is 3.07. The highest BCUT2D eigenvalue weighted by Crippen LogP contribution is 2.25. The second-order valence-corrected chi connectivity index (χ2v) is 4.66. The van der Waals surface area contributed by atoms with Crippen LogP contribution in [-0.4, -0.2) is 17.0 Å². The Kier molecular flexibility index (Phi) is 4.00. The van der Waals surface area contributed by atoms with E-state index in [9.17, 15) is 0 Å². The van der Waals surface area contributed by atoms with Crippen LogP contribution in [0.15, 0.2) is 30.3 Å². The van der Waals surface area contributed by atoms with Crippen LogP contribution in [0.25, 0.3) is 0 Å². The van der Waals surface area contributed by atoms with Crippen molar-refractivity contribution in [1.82, 2.24) is 9.97 Å². The zero-order valence-electron chi connectivity index (χ0n) is 11.7. The largest absolute Gasteiger partial charge is 0.384 e. The van der Waals surface area contributed by atoms with E-state index in [1.807, 2.05) is 30.1 Å². The third kappa shape index (κ3) is 3.02. The summed E-state index contributed by atoms with van der Waals surface area (Å²) in [6.45, 7) is 4.20. The Morgan fingerprint density at radius 3 is 2.63 bits per heavy atom. The van der Waals surface area contributed by atoms with Gasteiger partial charge in [-0.1, -0.05) is 25.1 Å². The monoisotopic (exact) mass is 256 g/mol. The molecule has 2 rings (SSSR count). The summed E-state index contributed by atoms with van der Waals surface area (Å²) < 4.78 is 0. The van der Waals surface area contributed by atoms with Crippen LogP contribution in [0.1, 0.15) is 24.7 Å². The molecule has 1 aromatic heterocycles. The van der Waals surface area contributed by atoms with E-state index in [2.05, 4.69) is 35.9 Å². The van der Waals surface area contributed by atoms with Crippen molar-refractivity contribution in [2.24, 2.45) is 0 Å². The van der Waals surface area contributed by atoms with E-state index in [0.29, 0.717) is 5.82 Å². The zero-order valence-corrected chi connectivity index (χ0v) is 11.7. The zero-order chi connectivity index (χ0) is 13.8. The van der Waals surface area contributed by atoms with Crippen molar-refractivity contribution >= 4 is 17.3 Å². The maximum Gasteiger partial charge on any atom is 0.138 e. The molecule has 0 aliphatic heterocycles. The SMILES string of the molecule is CCCc1nc(N)cc(N(C)c2ccccc2C)n1. The van der Waals surface area contributed by atoms with Crippen LogP contribution in [0.2, 0.25) is 0 Å². The summed E-state index contributed by atoms with van der Waals surface area (Å²) in [6.07, 6.45) is 1.86. The van der Waals surface area contributed by atoms with Crippen LogP contribution in [0.5, 0.6) is 0 Å². The van der Waals surface area contributed by atoms with Gasteiger partial charge in [-0.15, -0.1) is 0 Å². The van der Waals surface area contributed by atoms with Crippen LogP contribution in [-0.2, 0) is 6.42 Å². The average Bonchev–Trinajstić information content (AvgIpc) is 2.38. The molecule has 0 radical (unpaired) electrons. The molecule has 4 nitrogen and oxygen atoms in total. The number of aryl methyl sites for hydroxylation is 2. The molecule has 0 spiro atoms. The Morgan fingerprint density at radius 1 is 1.21 bits per heavy atom. The molecule has 1 heterocycles. The van der Waals surface area contributed by atoms with E-state index in [4.69, 9.17) is 5.73 Å². The van der Waals surface area contributed by atoms with Crippen LogP contribution in [0.3, 0.4) is 0 Å². The lowest BCUT2D eigenvalue weighted by atomic mass is 10.2. The molecule has 0 aliphatic rings. The van der Waals surface area contributed by atoms with E-state index in [1.165, 1.54) is 5.56 Å². The fraction of sp³-hybridized carbons (Fsp3) is 0.333. The normalized spacial score (nSPS) is 10.5. The first kappa shape index (κ1) is 13.3. The molecular formula is C15H20N4. The van der Waals surface area contributed by atoms with Gasteiger partial charge in [-0.05, 0) is 25.0 Å². The Morgan fingerprint density at radius 2 is 1.95 bits per heavy atom. The number of nitrogen functional groups attached to an aromatic ring is 1. The Hall–Kier alpha value is -2.10. The predicted octanol–water partition coefficient (Wildman–Crippen LogP) is 3.09. The fourth-order valence-corrected chi connectivity index (χ4v) is 2.07. The molecule has 1 aromatic carbocycles. The molecule has 0 saturated heterocycles. The van der Waals surface area contributed by atoms with Gasteiger partial charge in [0.2, 0.25) is 0 Å². The molecule has 100 valence electrons. The summed E-state index contributed by atoms with van der Waals surface area (Å²) in [5.74, 6) is 2.16. The van der Waals surface area contributed by atoms with Gasteiger partial charge in [-0.3, -0.25) is 0 Å². The molecule has 2 N–H and O–H groups in total. The van der Waals surface area contributed by atoms with Gasteiger partial charge >= 0.3 is 0 Å². The van der Waals surface area contributed by atoms with Gasteiger partial charge < -0.3 is 10.6 Å². The standard InChI is InChI=1S/C15H20N4/c1-4-7-14-17-13(16)10-15(18-14)19(3)12-9-6-5-8-11(12)2/h5-6,8-10H,4,7H2,1-3H3,(H2,16,17,18). The topological polar surface area (TPSA) is 55.0 Å². The fourth-order valence-electron chi connectivity index (χ4n) is 2.07. The van der Waals surface area contributed by atoms with E-state index in [-0.39, 0.29) is 0 Å². The number of para-hydroxylation sites is 1. The maximum atomic E-state index is 5.87. The van der Waals surface area contributed by atoms with Crippen LogP contribution in [0, 0.1) is 6.92 Å². The molecule has 19 heavy (non-hydrogen) atoms. The molecule has 0 aliphatic carbocycles. The highest BCUT2D eigenvalue weighted by atomic mass is 15.2. The number of hydrogen-bond acceptors (Lipinski definition) is 4. The first-order valence-electron chi connectivity index (χ1n) is 6.54. The highest BCUT2D eigenvalue weighted by molar-refractivity contribution is 5.64. The first-order chi connectivity index (χ1) is 9.11. The lowest BCUT2D eigenvalue weighted by molar-refractivity contribution is 0.833. The van der Waals surface area contributed by atoms with Gasteiger partial charge in [0.25, 0.3) is 0 Å². The van der Waals surface area contributed by atoms with E-state index in [0.717, 1.165) is 30.2 Å². The van der Waals surface area contributed by atoms with Crippen molar-refractivity contribution in [3.8, 4) is 0 Å². The Balaban J connectivity index is 2.38. The smallest absolute Gasteiger partial charge is 0.138 e. The number of nitrogens with zero attached hydrogens (tertiary/aromatic N) is 3. The van der Waals surface area contributed by atoms with Crippen molar-refractivity contribution in [3.05, 3.63) is 41.7 Å². The van der Waals surface area contributed by atoms with E-state index in [1.54, 1.807) is 0 Å². The van der Waals surface area contributed by atoms with Crippen molar-refractivity contribution < 1.29 is 0 Å². The lowest BCUT2D eigenvalue weighted by Crippen LogP contribution is -2.14. The molecule has 0 bridgehead atoms. The molecule has 0 unspecified atom stereocenters. The number of aromatic nitrogens is 2. The summed E-state index contributed by atoms with van der Waals surface area (Å²) >= 11 is 0. The quantitative estimate of drug-likeness (QED) is 0.913. The number of hydrogen-bond donors (Lipinski definition) is 1. The van der Waals surface area contributed by atoms with Crippen LogP contribution < -0.4 is 10.6 Å². The lowest BCUT2D eigenvalue weighted by Gasteiger charge is -2.21. The molecular weight excluding hydrogens is 236 g/mol. The minimum atomic E-state index is 0.522. The van der Waals surface area contributed by atoms with Crippen LogP contribution >= 0.6 is 0 Å². The van der Waals surface area contributed by atoms with Crippen molar-refractivity contribution in [3.63, 3.8) is 0 Å². The summed E-state index contributed by atoms with van der Waals surface area (Å²) in [7, 11) is 2.00. The summed E-state index contributed by atoms with van der Waals surface area (Å²) in [6, 6.07) is 10.0. The molecule has 4 heteroatoms. The van der Waals surface area contributed by atoms with Gasteiger partial charge in [0.1, 0.15) is 17.5 Å². The van der Waals surface area contributed by atoms with Crippen LogP contribution in [0.4, 0.5) is 17.3 Å². The maximum absolute atomic E-state index is 5.87. The van der Waals surface area contributed by atoms with E-state index < -0.39 is 0 Å². The molecule has 0 atom stereocenters. The summed E-state index contributed by atoms with van der Waals surface area (Å²) in [4.78, 5) is 10.9. The number of benzene rings is 1. The van der Waals surface area contributed by atoms with Crippen molar-refractivity contribution in [1.29, 1.82) is 0 Å². The second-order valence-electron chi connectivity index (χ2n) is 4.66. The predicted molar refractivity (Wildman–Crippen MR) is 79.7 cm³/mol. The number of anilines is 3. The third-order valence-corrected chi connectivity index (χ3v) is 3.07. The van der Waals surface area contributed by atoms with E-state index >= 15 is 0 Å². The molecule has 0 saturated carbocycles. The average molecular weight is 256 g/mol. The van der Waals surface area contributed by atoms with Gasteiger partial charge in [0.05, 0.1) is 0 Å². The minimum absolute atomic E-state index is 0.522. The first-order valence-corrected chi connectivity index (χ1v) is 6.54. The Labute approximate surface area is 114 Å². The number of rotatable bonds is 4. The molecule has 0 fully saturated rings. The highest BCUT2D eigenvalue weighted by Gasteiger charge is 2.10. The van der Waals surface area contributed by atoms with Gasteiger partial charge in [0.15, 0.2) is 0 Å². The van der Waals surface area contributed by atoms with Gasteiger partial charge in [-0.25, -0.2) is 9.97 Å². The van der Waals surface area contributed by atoms with Gasteiger partial charge in [0, 0.05) is 25.2 Å².